The first kappa shape index (κ1) is 19.1. The van der Waals surface area contributed by atoms with Crippen molar-refractivity contribution in [2.45, 2.75) is 37.7 Å². The zero-order valence-corrected chi connectivity index (χ0v) is 16.2. The Morgan fingerprint density at radius 2 is 2.07 bits per heavy atom. The Bertz CT molecular complexity index is 1070. The highest BCUT2D eigenvalue weighted by molar-refractivity contribution is 5.93. The summed E-state index contributed by atoms with van der Waals surface area (Å²) in [5.41, 5.74) is 7.26. The normalized spacial score (nSPS) is 20.8. The Kier molecular flexibility index (Phi) is 4.81. The summed E-state index contributed by atoms with van der Waals surface area (Å²) in [7, 11) is 1.65. The molecule has 7 nitrogen and oxygen atoms in total. The van der Waals surface area contributed by atoms with Crippen LogP contribution in [-0.2, 0) is 17.6 Å². The second kappa shape index (κ2) is 7.30. The SMILES string of the molecule is CN1CC[C@@](O)(C#Cc2cccc(-c3nc4c(c(C(N)=O)n3)CCCC4)c2)C1=O. The molecule has 1 aromatic carbocycles. The molecule has 2 heterocycles. The van der Waals surface area contributed by atoms with Crippen LogP contribution >= 0.6 is 0 Å². The molecule has 2 aliphatic rings. The van der Waals surface area contributed by atoms with Crippen molar-refractivity contribution in [1.29, 1.82) is 0 Å². The topological polar surface area (TPSA) is 109 Å². The van der Waals surface area contributed by atoms with Gasteiger partial charge in [0.1, 0.15) is 5.69 Å². The van der Waals surface area contributed by atoms with Gasteiger partial charge in [0, 0.05) is 42.4 Å². The van der Waals surface area contributed by atoms with Gasteiger partial charge in [-0.2, -0.15) is 0 Å². The van der Waals surface area contributed by atoms with Gasteiger partial charge < -0.3 is 15.7 Å². The summed E-state index contributed by atoms with van der Waals surface area (Å²) in [6, 6.07) is 7.22. The average Bonchev–Trinajstić information content (AvgIpc) is 2.99. The lowest BCUT2D eigenvalue weighted by atomic mass is 9.94. The van der Waals surface area contributed by atoms with E-state index in [0.717, 1.165) is 36.9 Å². The first-order valence-electron chi connectivity index (χ1n) is 9.68. The number of nitrogens with zero attached hydrogens (tertiary/aromatic N) is 3. The minimum absolute atomic E-state index is 0.283. The molecule has 1 atom stereocenters. The number of aryl methyl sites for hydroxylation is 1. The maximum Gasteiger partial charge on any atom is 0.267 e. The van der Waals surface area contributed by atoms with Gasteiger partial charge in [-0.1, -0.05) is 24.0 Å². The van der Waals surface area contributed by atoms with E-state index < -0.39 is 11.5 Å². The van der Waals surface area contributed by atoms with Gasteiger partial charge in [-0.15, -0.1) is 0 Å². The van der Waals surface area contributed by atoms with Crippen LogP contribution in [0, 0.1) is 11.8 Å². The van der Waals surface area contributed by atoms with E-state index in [0.29, 0.717) is 23.5 Å². The Morgan fingerprint density at radius 3 is 2.79 bits per heavy atom. The number of fused-ring (bicyclic) bond motifs is 1. The number of hydrogen-bond donors (Lipinski definition) is 2. The quantitative estimate of drug-likeness (QED) is 0.746. The van der Waals surface area contributed by atoms with Crippen molar-refractivity contribution in [2.75, 3.05) is 13.6 Å². The minimum atomic E-state index is -1.65. The zero-order chi connectivity index (χ0) is 20.6. The van der Waals surface area contributed by atoms with E-state index in [1.165, 1.54) is 4.90 Å². The van der Waals surface area contributed by atoms with Crippen molar-refractivity contribution >= 4 is 11.8 Å². The lowest BCUT2D eigenvalue weighted by Crippen LogP contribution is -2.37. The third-order valence-electron chi connectivity index (χ3n) is 5.46. The van der Waals surface area contributed by atoms with E-state index in [1.807, 2.05) is 6.07 Å². The average molecular weight is 390 g/mol. The number of amides is 2. The number of rotatable bonds is 2. The standard InChI is InChI=1S/C22H22N4O3/c1-26-12-11-22(29,21(26)28)10-9-14-5-4-6-15(13-14)20-24-17-8-3-2-7-16(17)18(25-20)19(23)27/h4-6,13,29H,2-3,7-8,11-12H2,1H3,(H2,23,27)/t22-/m0/s1. The van der Waals surface area contributed by atoms with Crippen molar-refractivity contribution in [3.05, 3.63) is 46.8 Å². The van der Waals surface area contributed by atoms with Crippen molar-refractivity contribution in [1.82, 2.24) is 14.9 Å². The Balaban J connectivity index is 1.70. The third kappa shape index (κ3) is 3.59. The largest absolute Gasteiger partial charge is 0.369 e. The number of benzene rings is 1. The number of likely N-dealkylation sites (tertiary alicyclic amines) is 1. The van der Waals surface area contributed by atoms with Crippen LogP contribution in [0.1, 0.15) is 46.6 Å². The van der Waals surface area contributed by atoms with Crippen molar-refractivity contribution in [2.24, 2.45) is 5.73 Å². The van der Waals surface area contributed by atoms with Crippen LogP contribution in [0.3, 0.4) is 0 Å². The first-order valence-corrected chi connectivity index (χ1v) is 9.68. The van der Waals surface area contributed by atoms with Crippen LogP contribution in [-0.4, -0.2) is 51.0 Å². The van der Waals surface area contributed by atoms with Crippen molar-refractivity contribution in [3.8, 4) is 23.2 Å². The number of carbonyl (C=O) groups excluding carboxylic acids is 2. The van der Waals surface area contributed by atoms with Gasteiger partial charge in [0.2, 0.25) is 5.60 Å². The fourth-order valence-electron chi connectivity index (χ4n) is 3.81. The second-order valence-electron chi connectivity index (χ2n) is 7.56. The van der Waals surface area contributed by atoms with E-state index in [4.69, 9.17) is 5.73 Å². The Labute approximate surface area is 169 Å². The molecule has 2 aromatic rings. The summed E-state index contributed by atoms with van der Waals surface area (Å²) in [6.45, 7) is 0.475. The molecule has 1 saturated heterocycles. The molecule has 4 rings (SSSR count). The molecule has 148 valence electrons. The van der Waals surface area contributed by atoms with Crippen LogP contribution in [0.5, 0.6) is 0 Å². The molecule has 29 heavy (non-hydrogen) atoms. The molecule has 0 saturated carbocycles. The highest BCUT2D eigenvalue weighted by Crippen LogP contribution is 2.26. The highest BCUT2D eigenvalue weighted by atomic mass is 16.3. The van der Waals surface area contributed by atoms with Gasteiger partial charge in [-0.3, -0.25) is 9.59 Å². The number of likely N-dealkylation sites (N-methyl/N-ethyl adjacent to an activating group) is 1. The van der Waals surface area contributed by atoms with E-state index in [1.54, 1.807) is 25.2 Å². The molecule has 1 aliphatic carbocycles. The monoisotopic (exact) mass is 390 g/mol. The molecule has 1 fully saturated rings. The molecule has 1 aliphatic heterocycles. The lowest BCUT2D eigenvalue weighted by molar-refractivity contribution is -0.137. The van der Waals surface area contributed by atoms with Crippen LogP contribution in [0.15, 0.2) is 24.3 Å². The van der Waals surface area contributed by atoms with Gasteiger partial charge in [-0.25, -0.2) is 9.97 Å². The van der Waals surface area contributed by atoms with Crippen molar-refractivity contribution in [3.63, 3.8) is 0 Å². The van der Waals surface area contributed by atoms with Gasteiger partial charge in [0.25, 0.3) is 11.8 Å². The van der Waals surface area contributed by atoms with Crippen LogP contribution < -0.4 is 5.73 Å². The van der Waals surface area contributed by atoms with E-state index in [-0.39, 0.29) is 18.0 Å². The number of aliphatic hydroxyl groups is 1. The van der Waals surface area contributed by atoms with E-state index in [2.05, 4.69) is 21.8 Å². The Morgan fingerprint density at radius 1 is 1.28 bits per heavy atom. The predicted octanol–water partition coefficient (Wildman–Crippen LogP) is 1.07. The molecule has 2 amide bonds. The van der Waals surface area contributed by atoms with Gasteiger partial charge >= 0.3 is 0 Å². The molecule has 1 aromatic heterocycles. The first-order chi connectivity index (χ1) is 13.9. The molecule has 0 radical (unpaired) electrons. The second-order valence-corrected chi connectivity index (χ2v) is 7.56. The van der Waals surface area contributed by atoms with E-state index >= 15 is 0 Å². The minimum Gasteiger partial charge on any atom is -0.369 e. The molecular formula is C22H22N4O3. The highest BCUT2D eigenvalue weighted by Gasteiger charge is 2.42. The predicted molar refractivity (Wildman–Crippen MR) is 107 cm³/mol. The summed E-state index contributed by atoms with van der Waals surface area (Å²) < 4.78 is 0. The van der Waals surface area contributed by atoms with Crippen LogP contribution in [0.25, 0.3) is 11.4 Å². The Hall–Kier alpha value is -3.24. The zero-order valence-electron chi connectivity index (χ0n) is 16.2. The fraction of sp³-hybridized carbons (Fsp3) is 0.364. The lowest BCUT2D eigenvalue weighted by Gasteiger charge is -2.17. The van der Waals surface area contributed by atoms with Crippen LogP contribution in [0.4, 0.5) is 0 Å². The summed E-state index contributed by atoms with van der Waals surface area (Å²) in [4.78, 5) is 34.6. The van der Waals surface area contributed by atoms with Crippen molar-refractivity contribution < 1.29 is 14.7 Å². The maximum absolute atomic E-state index is 12.1. The van der Waals surface area contributed by atoms with Crippen LogP contribution in [0.2, 0.25) is 0 Å². The number of hydrogen-bond acceptors (Lipinski definition) is 5. The van der Waals surface area contributed by atoms with Gasteiger partial charge in [0.15, 0.2) is 5.82 Å². The number of aromatic nitrogens is 2. The van der Waals surface area contributed by atoms with Gasteiger partial charge in [0.05, 0.1) is 0 Å². The van der Waals surface area contributed by atoms with Gasteiger partial charge in [-0.05, 0) is 37.8 Å². The molecule has 0 unspecified atom stereocenters. The summed E-state index contributed by atoms with van der Waals surface area (Å²) in [5, 5.41) is 10.5. The number of carbonyl (C=O) groups is 2. The third-order valence-corrected chi connectivity index (χ3v) is 5.46. The van der Waals surface area contributed by atoms with E-state index in [9.17, 15) is 14.7 Å². The number of primary amides is 1. The molecular weight excluding hydrogens is 368 g/mol. The molecule has 0 spiro atoms. The smallest absolute Gasteiger partial charge is 0.267 e. The summed E-state index contributed by atoms with van der Waals surface area (Å²) in [6.07, 6.45) is 3.87. The molecule has 7 heteroatoms. The summed E-state index contributed by atoms with van der Waals surface area (Å²) in [5.74, 6) is 5.10. The maximum atomic E-state index is 12.1. The molecule has 0 bridgehead atoms. The summed E-state index contributed by atoms with van der Waals surface area (Å²) >= 11 is 0. The number of nitrogens with two attached hydrogens (primary N) is 1. The molecule has 3 N–H and O–H groups in total. The fourth-order valence-corrected chi connectivity index (χ4v) is 3.81.